The topological polar surface area (TPSA) is 75.6 Å². The van der Waals surface area contributed by atoms with Gasteiger partial charge in [-0.15, -0.1) is 0 Å². The maximum Gasteiger partial charge on any atom is 0.328 e. The fraction of sp³-hybridized carbons (Fsp3) is 0.375. The number of aliphatic carboxylic acids is 1. The van der Waals surface area contributed by atoms with Crippen molar-refractivity contribution in [2.45, 2.75) is 25.8 Å². The zero-order valence-corrected chi connectivity index (χ0v) is 12.0. The second kappa shape index (κ2) is 7.04. The van der Waals surface area contributed by atoms with Crippen LogP contribution in [0.4, 0.5) is 0 Å². The van der Waals surface area contributed by atoms with Gasteiger partial charge in [0.05, 0.1) is 0 Å². The minimum absolute atomic E-state index is 0.120. The number of hydrogen-bond donors (Lipinski definition) is 2. The number of nitrogens with one attached hydrogen (secondary N) is 1. The first-order valence-electron chi connectivity index (χ1n) is 6.96. The van der Waals surface area contributed by atoms with Gasteiger partial charge in [0.2, 0.25) is 0 Å². The minimum atomic E-state index is -1.01. The van der Waals surface area contributed by atoms with Crippen molar-refractivity contribution in [2.24, 2.45) is 0 Å². The molecule has 1 saturated heterocycles. The van der Waals surface area contributed by atoms with Crippen molar-refractivity contribution in [3.8, 4) is 0 Å². The van der Waals surface area contributed by atoms with Crippen LogP contribution in [-0.4, -0.2) is 36.2 Å². The van der Waals surface area contributed by atoms with E-state index in [9.17, 15) is 9.59 Å². The van der Waals surface area contributed by atoms with Crippen molar-refractivity contribution in [3.05, 3.63) is 41.0 Å². The molecular weight excluding hydrogens is 270 g/mol. The summed E-state index contributed by atoms with van der Waals surface area (Å²) in [4.78, 5) is 22.9. The molecule has 1 heterocycles. The number of benzene rings is 1. The lowest BCUT2D eigenvalue weighted by Crippen LogP contribution is -2.39. The minimum Gasteiger partial charge on any atom is -0.478 e. The van der Waals surface area contributed by atoms with Crippen LogP contribution in [-0.2, 0) is 9.53 Å². The third-order valence-corrected chi connectivity index (χ3v) is 3.48. The maximum absolute atomic E-state index is 12.3. The second-order valence-electron chi connectivity index (χ2n) is 5.11. The Morgan fingerprint density at radius 3 is 2.71 bits per heavy atom. The Bertz CT molecular complexity index is 559. The summed E-state index contributed by atoms with van der Waals surface area (Å²) in [7, 11) is 0. The summed E-state index contributed by atoms with van der Waals surface area (Å²) in [5, 5.41) is 11.7. The van der Waals surface area contributed by atoms with Crippen molar-refractivity contribution >= 4 is 18.0 Å². The monoisotopic (exact) mass is 289 g/mol. The zero-order chi connectivity index (χ0) is 15.2. The Balaban J connectivity index is 2.11. The Morgan fingerprint density at radius 1 is 1.33 bits per heavy atom. The van der Waals surface area contributed by atoms with Crippen molar-refractivity contribution in [1.82, 2.24) is 5.32 Å². The van der Waals surface area contributed by atoms with E-state index in [1.807, 2.05) is 13.0 Å². The van der Waals surface area contributed by atoms with Gasteiger partial charge in [-0.05, 0) is 43.0 Å². The molecule has 0 atom stereocenters. The highest BCUT2D eigenvalue weighted by atomic mass is 16.5. The molecule has 112 valence electrons. The Morgan fingerprint density at radius 2 is 2.05 bits per heavy atom. The number of rotatable bonds is 4. The van der Waals surface area contributed by atoms with E-state index in [1.54, 1.807) is 12.1 Å². The maximum atomic E-state index is 12.3. The molecule has 0 aromatic heterocycles. The predicted molar refractivity (Wildman–Crippen MR) is 79.2 cm³/mol. The summed E-state index contributed by atoms with van der Waals surface area (Å²) in [5.41, 5.74) is 2.14. The molecular formula is C16H19NO4. The first-order chi connectivity index (χ1) is 10.1. The van der Waals surface area contributed by atoms with E-state index in [2.05, 4.69) is 5.32 Å². The predicted octanol–water partition coefficient (Wildman–Crippen LogP) is 2.00. The number of ether oxygens (including phenoxy) is 1. The molecule has 2 N–H and O–H groups in total. The molecule has 0 radical (unpaired) electrons. The van der Waals surface area contributed by atoms with Gasteiger partial charge in [0.15, 0.2) is 0 Å². The SMILES string of the molecule is Cc1ccc(C=CC(=O)O)cc1C(=O)NC1CCOCC1. The molecule has 0 spiro atoms. The van der Waals surface area contributed by atoms with Gasteiger partial charge in [-0.3, -0.25) is 4.79 Å². The highest BCUT2D eigenvalue weighted by Crippen LogP contribution is 2.14. The van der Waals surface area contributed by atoms with Crippen LogP contribution in [0.5, 0.6) is 0 Å². The fourth-order valence-electron chi connectivity index (χ4n) is 2.26. The number of carbonyl (C=O) groups excluding carboxylic acids is 1. The van der Waals surface area contributed by atoms with Gasteiger partial charge in [0, 0.05) is 30.9 Å². The normalized spacial score (nSPS) is 16.0. The average Bonchev–Trinajstić information content (AvgIpc) is 2.47. The molecule has 1 aromatic rings. The van der Waals surface area contributed by atoms with Crippen molar-refractivity contribution in [2.75, 3.05) is 13.2 Å². The van der Waals surface area contributed by atoms with Crippen molar-refractivity contribution in [3.63, 3.8) is 0 Å². The lowest BCUT2D eigenvalue weighted by molar-refractivity contribution is -0.131. The Hall–Kier alpha value is -2.14. The third-order valence-electron chi connectivity index (χ3n) is 3.48. The smallest absolute Gasteiger partial charge is 0.328 e. The van der Waals surface area contributed by atoms with E-state index in [1.165, 1.54) is 6.08 Å². The summed E-state index contributed by atoms with van der Waals surface area (Å²) in [6.07, 6.45) is 4.19. The zero-order valence-electron chi connectivity index (χ0n) is 12.0. The van der Waals surface area contributed by atoms with Crippen LogP contribution < -0.4 is 5.32 Å². The van der Waals surface area contributed by atoms with Gasteiger partial charge >= 0.3 is 5.97 Å². The first-order valence-corrected chi connectivity index (χ1v) is 6.96. The lowest BCUT2D eigenvalue weighted by Gasteiger charge is -2.23. The summed E-state index contributed by atoms with van der Waals surface area (Å²) in [6.45, 7) is 3.21. The van der Waals surface area contributed by atoms with Gasteiger partial charge in [0.25, 0.3) is 5.91 Å². The van der Waals surface area contributed by atoms with Crippen molar-refractivity contribution in [1.29, 1.82) is 0 Å². The average molecular weight is 289 g/mol. The molecule has 1 aromatic carbocycles. The van der Waals surface area contributed by atoms with Gasteiger partial charge in [0.1, 0.15) is 0 Å². The van der Waals surface area contributed by atoms with Crippen LogP contribution in [0.25, 0.3) is 6.08 Å². The molecule has 2 rings (SSSR count). The number of carboxylic acids is 1. The van der Waals surface area contributed by atoms with Gasteiger partial charge in [-0.2, -0.15) is 0 Å². The van der Waals surface area contributed by atoms with Gasteiger partial charge in [-0.1, -0.05) is 12.1 Å². The van der Waals surface area contributed by atoms with Crippen LogP contribution in [0, 0.1) is 6.92 Å². The summed E-state index contributed by atoms with van der Waals surface area (Å²) < 4.78 is 5.27. The van der Waals surface area contributed by atoms with Crippen LogP contribution in [0.2, 0.25) is 0 Å². The Labute approximate surface area is 123 Å². The van der Waals surface area contributed by atoms with E-state index in [-0.39, 0.29) is 11.9 Å². The number of carbonyl (C=O) groups is 2. The standard InChI is InChI=1S/C16H19NO4/c1-11-2-3-12(4-5-15(18)19)10-14(11)16(20)17-13-6-8-21-9-7-13/h2-5,10,13H,6-9H2,1H3,(H,17,20)(H,18,19). The molecule has 1 aliphatic heterocycles. The molecule has 0 bridgehead atoms. The summed E-state index contributed by atoms with van der Waals surface area (Å²) in [5.74, 6) is -1.13. The quantitative estimate of drug-likeness (QED) is 0.831. The first kappa shape index (κ1) is 15.3. The van der Waals surface area contributed by atoms with E-state index < -0.39 is 5.97 Å². The van der Waals surface area contributed by atoms with E-state index >= 15 is 0 Å². The van der Waals surface area contributed by atoms with E-state index in [0.717, 1.165) is 24.5 Å². The van der Waals surface area contributed by atoms with E-state index in [0.29, 0.717) is 24.3 Å². The fourth-order valence-corrected chi connectivity index (χ4v) is 2.26. The number of hydrogen-bond acceptors (Lipinski definition) is 3. The van der Waals surface area contributed by atoms with Crippen molar-refractivity contribution < 1.29 is 19.4 Å². The molecule has 0 saturated carbocycles. The molecule has 0 aliphatic carbocycles. The highest BCUT2D eigenvalue weighted by Gasteiger charge is 2.18. The van der Waals surface area contributed by atoms with Crippen LogP contribution in [0.1, 0.15) is 34.3 Å². The number of amides is 1. The Kier molecular flexibility index (Phi) is 5.11. The number of carboxylic acid groups (broad SMARTS) is 1. The van der Waals surface area contributed by atoms with Crippen LogP contribution in [0.3, 0.4) is 0 Å². The molecule has 1 amide bonds. The van der Waals surface area contributed by atoms with Crippen LogP contribution >= 0.6 is 0 Å². The molecule has 21 heavy (non-hydrogen) atoms. The summed E-state index contributed by atoms with van der Waals surface area (Å²) >= 11 is 0. The van der Waals surface area contributed by atoms with Gasteiger partial charge in [-0.25, -0.2) is 4.79 Å². The number of aryl methyl sites for hydroxylation is 1. The highest BCUT2D eigenvalue weighted by molar-refractivity contribution is 5.96. The molecule has 5 nitrogen and oxygen atoms in total. The van der Waals surface area contributed by atoms with E-state index in [4.69, 9.17) is 9.84 Å². The van der Waals surface area contributed by atoms with Crippen LogP contribution in [0.15, 0.2) is 24.3 Å². The molecule has 5 heteroatoms. The molecule has 0 unspecified atom stereocenters. The largest absolute Gasteiger partial charge is 0.478 e. The molecule has 1 fully saturated rings. The lowest BCUT2D eigenvalue weighted by atomic mass is 10.0. The molecule has 1 aliphatic rings. The second-order valence-corrected chi connectivity index (χ2v) is 5.11. The summed E-state index contributed by atoms with van der Waals surface area (Å²) in [6, 6.07) is 5.47. The van der Waals surface area contributed by atoms with Gasteiger partial charge < -0.3 is 15.2 Å². The third kappa shape index (κ3) is 4.43.